The number of hydrogen-bond acceptors (Lipinski definition) is 3. The summed E-state index contributed by atoms with van der Waals surface area (Å²) < 4.78 is 0. The van der Waals surface area contributed by atoms with Crippen LogP contribution in [0.25, 0.3) is 0 Å². The molecular formula is C12H17N3O. The van der Waals surface area contributed by atoms with E-state index in [1.54, 1.807) is 0 Å². The lowest BCUT2D eigenvalue weighted by Gasteiger charge is -2.23. The molecule has 4 heteroatoms. The molecule has 1 aliphatic rings. The monoisotopic (exact) mass is 219 g/mol. The SMILES string of the molecule is Cc1cccnc1CNC1CCC(=O)NC1. The normalized spacial score (nSPS) is 20.6. The van der Waals surface area contributed by atoms with Gasteiger partial charge in [0.2, 0.25) is 5.91 Å². The summed E-state index contributed by atoms with van der Waals surface area (Å²) in [6.45, 7) is 3.56. The molecule has 16 heavy (non-hydrogen) atoms. The number of rotatable bonds is 3. The maximum Gasteiger partial charge on any atom is 0.220 e. The maximum atomic E-state index is 11.0. The summed E-state index contributed by atoms with van der Waals surface area (Å²) in [5.41, 5.74) is 2.29. The van der Waals surface area contributed by atoms with E-state index in [1.807, 2.05) is 12.3 Å². The summed E-state index contributed by atoms with van der Waals surface area (Å²) in [6, 6.07) is 4.38. The second-order valence-corrected chi connectivity index (χ2v) is 4.19. The number of carbonyl (C=O) groups excluding carboxylic acids is 1. The van der Waals surface area contributed by atoms with Crippen molar-refractivity contribution in [3.8, 4) is 0 Å². The Bertz CT molecular complexity index is 368. The van der Waals surface area contributed by atoms with Gasteiger partial charge < -0.3 is 10.6 Å². The fraction of sp³-hybridized carbons (Fsp3) is 0.500. The highest BCUT2D eigenvalue weighted by Crippen LogP contribution is 2.06. The molecule has 1 aliphatic heterocycles. The molecule has 0 saturated carbocycles. The predicted molar refractivity (Wildman–Crippen MR) is 61.8 cm³/mol. The molecular weight excluding hydrogens is 202 g/mol. The molecule has 1 aromatic heterocycles. The summed E-state index contributed by atoms with van der Waals surface area (Å²) in [5.74, 6) is 0.159. The van der Waals surface area contributed by atoms with E-state index in [2.05, 4.69) is 28.6 Å². The maximum absolute atomic E-state index is 11.0. The van der Waals surface area contributed by atoms with Crippen LogP contribution in [-0.2, 0) is 11.3 Å². The van der Waals surface area contributed by atoms with Crippen molar-refractivity contribution in [1.82, 2.24) is 15.6 Å². The molecule has 1 saturated heterocycles. The van der Waals surface area contributed by atoms with Gasteiger partial charge in [-0.2, -0.15) is 0 Å². The molecule has 1 atom stereocenters. The lowest BCUT2D eigenvalue weighted by atomic mass is 10.1. The highest BCUT2D eigenvalue weighted by Gasteiger charge is 2.17. The molecule has 1 aromatic rings. The smallest absolute Gasteiger partial charge is 0.220 e. The van der Waals surface area contributed by atoms with Gasteiger partial charge in [-0.25, -0.2) is 0 Å². The third kappa shape index (κ3) is 2.79. The summed E-state index contributed by atoms with van der Waals surface area (Å²) in [6.07, 6.45) is 3.35. The minimum atomic E-state index is 0.159. The number of hydrogen-bond donors (Lipinski definition) is 2. The average molecular weight is 219 g/mol. The van der Waals surface area contributed by atoms with Gasteiger partial charge in [0, 0.05) is 31.7 Å². The third-order valence-corrected chi connectivity index (χ3v) is 2.94. The number of nitrogens with zero attached hydrogens (tertiary/aromatic N) is 1. The largest absolute Gasteiger partial charge is 0.355 e. The summed E-state index contributed by atoms with van der Waals surface area (Å²) in [4.78, 5) is 15.3. The van der Waals surface area contributed by atoms with Crippen molar-refractivity contribution >= 4 is 5.91 Å². The molecule has 0 radical (unpaired) electrons. The number of aryl methyl sites for hydroxylation is 1. The average Bonchev–Trinajstić information content (AvgIpc) is 2.30. The van der Waals surface area contributed by atoms with Crippen LogP contribution in [0.15, 0.2) is 18.3 Å². The minimum Gasteiger partial charge on any atom is -0.355 e. The zero-order chi connectivity index (χ0) is 11.4. The number of piperidine rings is 1. The zero-order valence-corrected chi connectivity index (χ0v) is 9.49. The lowest BCUT2D eigenvalue weighted by molar-refractivity contribution is -0.122. The van der Waals surface area contributed by atoms with E-state index in [0.29, 0.717) is 12.5 Å². The molecule has 0 spiro atoms. The van der Waals surface area contributed by atoms with Crippen LogP contribution >= 0.6 is 0 Å². The Labute approximate surface area is 95.5 Å². The summed E-state index contributed by atoms with van der Waals surface area (Å²) in [7, 11) is 0. The Morgan fingerprint density at radius 2 is 2.50 bits per heavy atom. The van der Waals surface area contributed by atoms with Crippen LogP contribution in [0.5, 0.6) is 0 Å². The second-order valence-electron chi connectivity index (χ2n) is 4.19. The Hall–Kier alpha value is -1.42. The van der Waals surface area contributed by atoms with Gasteiger partial charge in [0.05, 0.1) is 5.69 Å². The van der Waals surface area contributed by atoms with Crippen LogP contribution in [0, 0.1) is 6.92 Å². The van der Waals surface area contributed by atoms with Crippen molar-refractivity contribution in [2.45, 2.75) is 32.4 Å². The van der Waals surface area contributed by atoms with Crippen molar-refractivity contribution in [2.24, 2.45) is 0 Å². The van der Waals surface area contributed by atoms with E-state index in [4.69, 9.17) is 0 Å². The molecule has 2 N–H and O–H groups in total. The van der Waals surface area contributed by atoms with E-state index >= 15 is 0 Å². The van der Waals surface area contributed by atoms with E-state index < -0.39 is 0 Å². The van der Waals surface area contributed by atoms with Crippen molar-refractivity contribution < 1.29 is 4.79 Å². The van der Waals surface area contributed by atoms with Gasteiger partial charge in [-0.1, -0.05) is 6.07 Å². The quantitative estimate of drug-likeness (QED) is 0.789. The number of pyridine rings is 1. The van der Waals surface area contributed by atoms with Gasteiger partial charge >= 0.3 is 0 Å². The van der Waals surface area contributed by atoms with Gasteiger partial charge in [0.1, 0.15) is 0 Å². The predicted octanol–water partition coefficient (Wildman–Crippen LogP) is 0.758. The third-order valence-electron chi connectivity index (χ3n) is 2.94. The van der Waals surface area contributed by atoms with Crippen molar-refractivity contribution in [3.05, 3.63) is 29.6 Å². The molecule has 4 nitrogen and oxygen atoms in total. The standard InChI is InChI=1S/C12H17N3O/c1-9-3-2-6-13-11(9)8-14-10-4-5-12(16)15-7-10/h2-3,6,10,14H,4-5,7-8H2,1H3,(H,15,16). The zero-order valence-electron chi connectivity index (χ0n) is 9.49. The van der Waals surface area contributed by atoms with Gasteiger partial charge in [-0.3, -0.25) is 9.78 Å². The summed E-state index contributed by atoms with van der Waals surface area (Å²) >= 11 is 0. The Morgan fingerprint density at radius 3 is 3.19 bits per heavy atom. The van der Waals surface area contributed by atoms with E-state index in [9.17, 15) is 4.79 Å². The second kappa shape index (κ2) is 5.07. The van der Waals surface area contributed by atoms with Crippen LogP contribution in [-0.4, -0.2) is 23.5 Å². The minimum absolute atomic E-state index is 0.159. The van der Waals surface area contributed by atoms with Crippen LogP contribution in [0.1, 0.15) is 24.1 Å². The first kappa shape index (κ1) is 11.1. The van der Waals surface area contributed by atoms with Crippen LogP contribution in [0.4, 0.5) is 0 Å². The molecule has 0 aromatic carbocycles. The first-order valence-corrected chi connectivity index (χ1v) is 5.66. The fourth-order valence-electron chi connectivity index (χ4n) is 1.85. The Balaban J connectivity index is 1.84. The molecule has 2 heterocycles. The Kier molecular flexibility index (Phi) is 3.51. The van der Waals surface area contributed by atoms with Gasteiger partial charge in [-0.05, 0) is 25.0 Å². The van der Waals surface area contributed by atoms with Gasteiger partial charge in [0.15, 0.2) is 0 Å². The highest BCUT2D eigenvalue weighted by molar-refractivity contribution is 5.76. The molecule has 1 amide bonds. The van der Waals surface area contributed by atoms with Crippen molar-refractivity contribution in [2.75, 3.05) is 6.54 Å². The van der Waals surface area contributed by atoms with Gasteiger partial charge in [0.25, 0.3) is 0 Å². The molecule has 86 valence electrons. The van der Waals surface area contributed by atoms with Crippen LogP contribution < -0.4 is 10.6 Å². The molecule has 0 aliphatic carbocycles. The lowest BCUT2D eigenvalue weighted by Crippen LogP contribution is -2.45. The molecule has 1 fully saturated rings. The van der Waals surface area contributed by atoms with Crippen molar-refractivity contribution in [1.29, 1.82) is 0 Å². The first-order valence-electron chi connectivity index (χ1n) is 5.66. The van der Waals surface area contributed by atoms with E-state index in [0.717, 1.165) is 25.2 Å². The number of aromatic nitrogens is 1. The van der Waals surface area contributed by atoms with Crippen LogP contribution in [0.3, 0.4) is 0 Å². The Morgan fingerprint density at radius 1 is 1.62 bits per heavy atom. The van der Waals surface area contributed by atoms with E-state index in [-0.39, 0.29) is 5.91 Å². The molecule has 2 rings (SSSR count). The molecule has 0 bridgehead atoms. The highest BCUT2D eigenvalue weighted by atomic mass is 16.1. The summed E-state index contributed by atoms with van der Waals surface area (Å²) in [5, 5.41) is 6.28. The number of amides is 1. The topological polar surface area (TPSA) is 54.0 Å². The fourth-order valence-corrected chi connectivity index (χ4v) is 1.85. The van der Waals surface area contributed by atoms with Crippen LogP contribution in [0.2, 0.25) is 0 Å². The van der Waals surface area contributed by atoms with E-state index in [1.165, 1.54) is 5.56 Å². The van der Waals surface area contributed by atoms with Gasteiger partial charge in [-0.15, -0.1) is 0 Å². The first-order chi connectivity index (χ1) is 7.75. The van der Waals surface area contributed by atoms with Crippen molar-refractivity contribution in [3.63, 3.8) is 0 Å². The number of carbonyl (C=O) groups is 1. The molecule has 1 unspecified atom stereocenters. The number of nitrogens with one attached hydrogen (secondary N) is 2.